The van der Waals surface area contributed by atoms with Crippen molar-refractivity contribution in [1.29, 1.82) is 0 Å². The smallest absolute Gasteiger partial charge is 0.319 e. The number of carbonyl (C=O) groups excluding carboxylic acids is 1. The molecule has 0 bridgehead atoms. The van der Waals surface area contributed by atoms with Crippen molar-refractivity contribution in [3.8, 4) is 11.5 Å². The number of halogens is 1. The molecule has 0 fully saturated rings. The zero-order valence-corrected chi connectivity index (χ0v) is 12.1. The molecule has 0 saturated heterocycles. The molecule has 0 spiro atoms. The van der Waals surface area contributed by atoms with Crippen LogP contribution in [0.2, 0.25) is 5.02 Å². The number of rotatable bonds is 5. The molecular formula is C14H15ClN2O3. The minimum atomic E-state index is -0.283. The summed E-state index contributed by atoms with van der Waals surface area (Å²) in [6, 6.07) is 7.25. The Balaban J connectivity index is 2.02. The zero-order valence-electron chi connectivity index (χ0n) is 11.3. The highest BCUT2D eigenvalue weighted by Gasteiger charge is 2.11. The number of carbonyl (C=O) groups is 1. The van der Waals surface area contributed by atoms with Gasteiger partial charge in [-0.25, -0.2) is 4.98 Å². The van der Waals surface area contributed by atoms with Crippen molar-refractivity contribution in [2.24, 2.45) is 0 Å². The second-order valence-corrected chi connectivity index (χ2v) is 4.84. The van der Waals surface area contributed by atoms with Crippen LogP contribution in [0, 0.1) is 0 Å². The first kappa shape index (κ1) is 14.6. The number of hydrogen-bond donors (Lipinski definition) is 0. The molecule has 0 aliphatic heterocycles. The van der Waals surface area contributed by atoms with Gasteiger partial charge in [0.2, 0.25) is 5.89 Å². The minimum absolute atomic E-state index is 0.208. The van der Waals surface area contributed by atoms with Gasteiger partial charge in [0.15, 0.2) is 0 Å². The number of ether oxygens (including phenoxy) is 1. The highest BCUT2D eigenvalue weighted by Crippen LogP contribution is 2.21. The third kappa shape index (κ3) is 3.82. The van der Waals surface area contributed by atoms with Gasteiger partial charge in [-0.3, -0.25) is 9.69 Å². The van der Waals surface area contributed by atoms with Crippen LogP contribution in [0.3, 0.4) is 0 Å². The van der Waals surface area contributed by atoms with Gasteiger partial charge in [0.05, 0.1) is 19.3 Å². The maximum Gasteiger partial charge on any atom is 0.319 e. The fourth-order valence-corrected chi connectivity index (χ4v) is 1.85. The third-order valence-electron chi connectivity index (χ3n) is 2.70. The van der Waals surface area contributed by atoms with Gasteiger partial charge >= 0.3 is 5.97 Å². The van der Waals surface area contributed by atoms with Crippen LogP contribution >= 0.6 is 11.6 Å². The summed E-state index contributed by atoms with van der Waals surface area (Å²) in [5.41, 5.74) is 1.61. The van der Waals surface area contributed by atoms with Gasteiger partial charge in [0.25, 0.3) is 0 Å². The second-order valence-electron chi connectivity index (χ2n) is 4.40. The van der Waals surface area contributed by atoms with E-state index in [2.05, 4.69) is 9.72 Å². The molecule has 0 radical (unpaired) electrons. The summed E-state index contributed by atoms with van der Waals surface area (Å²) in [5.74, 6) is 0.247. The highest BCUT2D eigenvalue weighted by atomic mass is 35.5. The molecule has 0 aliphatic rings. The van der Waals surface area contributed by atoms with Crippen LogP contribution in [0.5, 0.6) is 0 Å². The van der Waals surface area contributed by atoms with Gasteiger partial charge in [-0.05, 0) is 31.3 Å². The first-order valence-corrected chi connectivity index (χ1v) is 6.42. The van der Waals surface area contributed by atoms with Gasteiger partial charge in [0, 0.05) is 17.1 Å². The Morgan fingerprint density at radius 2 is 2.10 bits per heavy atom. The lowest BCUT2D eigenvalue weighted by Crippen LogP contribution is -2.26. The van der Waals surface area contributed by atoms with E-state index in [9.17, 15) is 4.79 Å². The summed E-state index contributed by atoms with van der Waals surface area (Å²) in [6.07, 6.45) is 1.58. The Morgan fingerprint density at radius 3 is 2.75 bits per heavy atom. The highest BCUT2D eigenvalue weighted by molar-refractivity contribution is 6.30. The van der Waals surface area contributed by atoms with Crippen LogP contribution in [-0.4, -0.2) is 36.6 Å². The summed E-state index contributed by atoms with van der Waals surface area (Å²) in [6.45, 7) is 0.714. The molecule has 0 unspecified atom stereocenters. The first-order chi connectivity index (χ1) is 9.58. The largest absolute Gasteiger partial charge is 0.468 e. The van der Waals surface area contributed by atoms with Gasteiger partial charge < -0.3 is 9.15 Å². The third-order valence-corrected chi connectivity index (χ3v) is 2.95. The molecule has 0 amide bonds. The van der Waals surface area contributed by atoms with Crippen LogP contribution in [0.15, 0.2) is 34.9 Å². The Labute approximate surface area is 122 Å². The van der Waals surface area contributed by atoms with E-state index in [-0.39, 0.29) is 12.5 Å². The Hall–Kier alpha value is -1.85. The molecule has 2 aromatic rings. The van der Waals surface area contributed by atoms with Gasteiger partial charge in [-0.15, -0.1) is 0 Å². The minimum Gasteiger partial charge on any atom is -0.468 e. The summed E-state index contributed by atoms with van der Waals surface area (Å²) in [4.78, 5) is 17.3. The molecule has 1 aromatic heterocycles. The predicted octanol–water partition coefficient (Wildman–Crippen LogP) is 2.60. The predicted molar refractivity (Wildman–Crippen MR) is 75.3 cm³/mol. The molecule has 2 rings (SSSR count). The van der Waals surface area contributed by atoms with Crippen LogP contribution in [-0.2, 0) is 16.1 Å². The Morgan fingerprint density at radius 1 is 1.40 bits per heavy atom. The SMILES string of the molecule is COC(=O)CN(C)Cc1coc(-c2ccc(Cl)cc2)n1. The van der Waals surface area contributed by atoms with E-state index < -0.39 is 0 Å². The second kappa shape index (κ2) is 6.54. The van der Waals surface area contributed by atoms with E-state index in [1.807, 2.05) is 19.2 Å². The molecule has 20 heavy (non-hydrogen) atoms. The van der Waals surface area contributed by atoms with E-state index in [4.69, 9.17) is 16.0 Å². The molecule has 0 atom stereocenters. The maximum atomic E-state index is 11.2. The molecule has 5 nitrogen and oxygen atoms in total. The average molecular weight is 295 g/mol. The number of likely N-dealkylation sites (N-methyl/N-ethyl adjacent to an activating group) is 1. The van der Waals surface area contributed by atoms with Crippen LogP contribution in [0.25, 0.3) is 11.5 Å². The number of benzene rings is 1. The van der Waals surface area contributed by atoms with E-state index in [0.717, 1.165) is 11.3 Å². The van der Waals surface area contributed by atoms with Crippen LogP contribution < -0.4 is 0 Å². The van der Waals surface area contributed by atoms with Crippen molar-refractivity contribution in [3.05, 3.63) is 41.2 Å². The lowest BCUT2D eigenvalue weighted by atomic mass is 10.2. The lowest BCUT2D eigenvalue weighted by Gasteiger charge is -2.12. The fourth-order valence-electron chi connectivity index (χ4n) is 1.72. The summed E-state index contributed by atoms with van der Waals surface area (Å²) in [5, 5.41) is 0.665. The molecule has 0 N–H and O–H groups in total. The number of hydrogen-bond acceptors (Lipinski definition) is 5. The van der Waals surface area contributed by atoms with Crippen molar-refractivity contribution in [2.75, 3.05) is 20.7 Å². The molecule has 6 heteroatoms. The zero-order chi connectivity index (χ0) is 14.5. The first-order valence-electron chi connectivity index (χ1n) is 6.04. The van der Waals surface area contributed by atoms with Crippen LogP contribution in [0.1, 0.15) is 5.69 Å². The summed E-state index contributed by atoms with van der Waals surface area (Å²) >= 11 is 5.83. The number of nitrogens with zero attached hydrogens (tertiary/aromatic N) is 2. The maximum absolute atomic E-state index is 11.2. The van der Waals surface area contributed by atoms with Crippen molar-refractivity contribution in [2.45, 2.75) is 6.54 Å². The Bertz CT molecular complexity index is 580. The van der Waals surface area contributed by atoms with Crippen molar-refractivity contribution < 1.29 is 13.9 Å². The van der Waals surface area contributed by atoms with Gasteiger partial charge in [0.1, 0.15) is 6.26 Å². The molecule has 0 aliphatic carbocycles. The van der Waals surface area contributed by atoms with Crippen molar-refractivity contribution >= 4 is 17.6 Å². The molecule has 106 valence electrons. The number of aromatic nitrogens is 1. The summed E-state index contributed by atoms with van der Waals surface area (Å²) in [7, 11) is 3.18. The Kier molecular flexibility index (Phi) is 4.76. The van der Waals surface area contributed by atoms with Crippen molar-refractivity contribution in [1.82, 2.24) is 9.88 Å². The number of methoxy groups -OCH3 is 1. The molecule has 1 heterocycles. The quantitative estimate of drug-likeness (QED) is 0.793. The average Bonchev–Trinajstić information content (AvgIpc) is 2.87. The number of oxazole rings is 1. The monoisotopic (exact) mass is 294 g/mol. The molecular weight excluding hydrogens is 280 g/mol. The molecule has 1 aromatic carbocycles. The lowest BCUT2D eigenvalue weighted by molar-refractivity contribution is -0.141. The van der Waals surface area contributed by atoms with E-state index in [1.54, 1.807) is 23.3 Å². The topological polar surface area (TPSA) is 55.6 Å². The van der Waals surface area contributed by atoms with E-state index in [0.29, 0.717) is 17.5 Å². The molecule has 0 saturated carbocycles. The van der Waals surface area contributed by atoms with Gasteiger partial charge in [-0.1, -0.05) is 11.6 Å². The van der Waals surface area contributed by atoms with Crippen molar-refractivity contribution in [3.63, 3.8) is 0 Å². The van der Waals surface area contributed by atoms with E-state index in [1.165, 1.54) is 7.11 Å². The summed E-state index contributed by atoms with van der Waals surface area (Å²) < 4.78 is 10.0. The van der Waals surface area contributed by atoms with Gasteiger partial charge in [-0.2, -0.15) is 0 Å². The van der Waals surface area contributed by atoms with Crippen LogP contribution in [0.4, 0.5) is 0 Å². The van der Waals surface area contributed by atoms with E-state index >= 15 is 0 Å². The standard InChI is InChI=1S/C14H15ClN2O3/c1-17(8-13(18)19-2)7-12-9-20-14(16-12)10-3-5-11(15)6-4-10/h3-6,9H,7-8H2,1-2H3. The number of esters is 1. The normalized spacial score (nSPS) is 10.8. The fraction of sp³-hybridized carbons (Fsp3) is 0.286.